The van der Waals surface area contributed by atoms with Crippen LogP contribution in [0.3, 0.4) is 0 Å². The molecule has 0 aliphatic heterocycles. The van der Waals surface area contributed by atoms with Gasteiger partial charge in [-0.05, 0) is 110 Å². The van der Waals surface area contributed by atoms with Gasteiger partial charge in [-0.25, -0.2) is 19.6 Å². The number of rotatable bonds is 58. The van der Waals surface area contributed by atoms with Crippen molar-refractivity contribution in [1.82, 2.24) is 120 Å². The van der Waals surface area contributed by atoms with Crippen LogP contribution in [0.1, 0.15) is 109 Å². The Hall–Kier alpha value is -13.4. The van der Waals surface area contributed by atoms with E-state index in [1.54, 1.807) is 0 Å². The van der Waals surface area contributed by atoms with Gasteiger partial charge in [-0.3, -0.25) is 103 Å². The number of amides is 7. The first-order chi connectivity index (χ1) is 59.0. The highest BCUT2D eigenvalue weighted by atomic mass is 16.2. The van der Waals surface area contributed by atoms with Crippen LogP contribution < -0.4 is 122 Å². The summed E-state index contributed by atoms with van der Waals surface area (Å²) in [5.41, 5.74) is 47.5. The second kappa shape index (κ2) is 50.7. The van der Waals surface area contributed by atoms with E-state index in [1.807, 2.05) is 0 Å². The first kappa shape index (κ1) is 99.4. The van der Waals surface area contributed by atoms with Crippen LogP contribution in [-0.2, 0) is 74.1 Å². The van der Waals surface area contributed by atoms with Gasteiger partial charge >= 0.3 is 11.4 Å². The van der Waals surface area contributed by atoms with Gasteiger partial charge < -0.3 is 123 Å². The zero-order valence-corrected chi connectivity index (χ0v) is 69.7. The molecule has 124 heavy (non-hydrogen) atoms. The number of imidazole rings is 2. The fourth-order valence-corrected chi connectivity index (χ4v) is 13.1. The summed E-state index contributed by atoms with van der Waals surface area (Å²) in [5, 5.41) is 45.7. The predicted molar refractivity (Wildman–Crippen MR) is 457 cm³/mol. The highest BCUT2D eigenvalue weighted by Gasteiger charge is 2.31. The van der Waals surface area contributed by atoms with Crippen molar-refractivity contribution in [1.29, 1.82) is 16.2 Å². The second-order valence-electron chi connectivity index (χ2n) is 29.8. The molecule has 0 unspecified atom stereocenters. The summed E-state index contributed by atoms with van der Waals surface area (Å²) in [6.07, 6.45) is 10.2. The van der Waals surface area contributed by atoms with Crippen LogP contribution in [0.25, 0.3) is 22.3 Å². The highest BCUT2D eigenvalue weighted by molar-refractivity contribution is 5.91. The molecule has 6 aromatic rings. The number of nitrogens with zero attached hydrogens (tertiary/aromatic N) is 13. The summed E-state index contributed by atoms with van der Waals surface area (Å²) in [5.74, 6) is -8.63. The van der Waals surface area contributed by atoms with E-state index in [0.717, 1.165) is 30.0 Å². The minimum Gasteiger partial charge on any atom is -0.383 e. The van der Waals surface area contributed by atoms with Gasteiger partial charge in [0, 0.05) is 88.4 Å². The number of H-pyrrole nitrogens is 3. The molecule has 680 valence electrons. The number of anilines is 3. The number of fused-ring (bicyclic) bond motifs is 2. The molecular weight excluding hydrogens is 1620 g/mol. The maximum absolute atomic E-state index is 14.8. The Morgan fingerprint density at radius 1 is 0.492 bits per heavy atom. The minimum atomic E-state index is -1.05. The Kier molecular flexibility index (Phi) is 40.7. The molecule has 32 N–H and O–H groups in total. The highest BCUT2D eigenvalue weighted by Crippen LogP contribution is 2.15. The third-order valence-corrected chi connectivity index (χ3v) is 19.6. The zero-order chi connectivity index (χ0) is 91.1. The number of nitrogen functional groups attached to an aromatic ring is 3. The molecule has 51 nitrogen and oxygen atoms in total. The van der Waals surface area contributed by atoms with Crippen molar-refractivity contribution >= 4 is 117 Å². The van der Waals surface area contributed by atoms with Gasteiger partial charge in [0.25, 0.3) is 16.7 Å². The van der Waals surface area contributed by atoms with Gasteiger partial charge in [-0.15, -0.1) is 0 Å². The van der Waals surface area contributed by atoms with Crippen LogP contribution in [0.2, 0.25) is 0 Å². The zero-order valence-electron chi connectivity index (χ0n) is 69.7. The fourth-order valence-electron chi connectivity index (χ4n) is 13.1. The van der Waals surface area contributed by atoms with E-state index >= 15 is 0 Å². The average molecular weight is 1740 g/mol. The first-order valence-electron chi connectivity index (χ1n) is 40.4. The number of Topliss-reactive ketones (excluding diaryl/α,β-unsaturated/α-hetero) is 3. The number of hydrogen-bond donors (Lipinski definition) is 23. The minimum absolute atomic E-state index is 0.0321. The lowest BCUT2D eigenvalue weighted by Gasteiger charge is -2.30. The van der Waals surface area contributed by atoms with Gasteiger partial charge in [0.1, 0.15) is 37.8 Å². The number of nitrogens with two attached hydrogens (primary N) is 9. The molecule has 0 aliphatic carbocycles. The lowest BCUT2D eigenvalue weighted by Crippen LogP contribution is -2.53. The monoisotopic (exact) mass is 1740 g/mol. The van der Waals surface area contributed by atoms with E-state index in [2.05, 4.69) is 82.4 Å². The summed E-state index contributed by atoms with van der Waals surface area (Å²) < 4.78 is 4.29. The summed E-state index contributed by atoms with van der Waals surface area (Å²) in [6, 6.07) is -3.27. The summed E-state index contributed by atoms with van der Waals surface area (Å²) >= 11 is 0. The Labute approximate surface area is 709 Å². The lowest BCUT2D eigenvalue weighted by molar-refractivity contribution is -0.138. The number of carbonyl (C=O) groups is 10. The van der Waals surface area contributed by atoms with Crippen molar-refractivity contribution in [3.63, 3.8) is 0 Å². The van der Waals surface area contributed by atoms with Gasteiger partial charge in [-0.2, -0.15) is 15.0 Å². The van der Waals surface area contributed by atoms with Crippen molar-refractivity contribution in [2.75, 3.05) is 122 Å². The third kappa shape index (κ3) is 34.2. The van der Waals surface area contributed by atoms with E-state index in [-0.39, 0.29) is 141 Å². The number of aromatic nitrogens is 12. The molecule has 7 amide bonds. The van der Waals surface area contributed by atoms with Crippen LogP contribution >= 0.6 is 0 Å². The molecule has 0 radical (unpaired) electrons. The molecule has 6 aromatic heterocycles. The van der Waals surface area contributed by atoms with Gasteiger partial charge in [-0.1, -0.05) is 19.3 Å². The van der Waals surface area contributed by atoms with E-state index in [0.29, 0.717) is 77.3 Å². The standard InChI is InChI=1S/C73H118N36O15/c1-43-29-107(73(124)101-63(43)119)38-55(115)102(36-54(114)94-46(14-6-11-22-88-68(80)81)31-104(34-49(112)28-91-51(44(2)110)17-4-9-20-75)57(117)39-108-41-92-59-61(108)97-70(84)99-65(59)121)26-24-86-53(113)35-106(56(116)37-103-25-18-52(77)96-72(103)123)30-45(13-5-10-21-87-67(78)79)90-27-48(111)33-105(58(118)40-109-42-93-60-62(109)98-71(85)100-66(60)122)32-47(15-7-12-23-89-69(82)83)95-64(120)50(76)16-3-8-19-74/h18,25,29,41-42,45-47,50-51,90-91H,3-17,19-24,26-28,30-40,74-76H2,1-2H3,(H,86,113)(H,94,114)(H,95,120)(H2,77,96,123)(H4,78,79,87)(H4,80,81,88)(H4,82,83,89)(H,101,119,124)(H3,84,97,99,121)(H3,85,98,100,122)/t45-,46-,47-,50-,51-/m0/s1. The van der Waals surface area contributed by atoms with E-state index in [9.17, 15) is 71.9 Å². The van der Waals surface area contributed by atoms with Crippen LogP contribution in [0.5, 0.6) is 0 Å². The maximum atomic E-state index is 14.8. The molecule has 0 fully saturated rings. The average Bonchev–Trinajstić information content (AvgIpc) is 1.65. The van der Waals surface area contributed by atoms with Crippen LogP contribution in [0, 0.1) is 23.2 Å². The van der Waals surface area contributed by atoms with Crippen molar-refractivity contribution in [3.05, 3.63) is 88.7 Å². The van der Waals surface area contributed by atoms with Crippen LogP contribution in [-0.4, -0.2) is 289 Å². The smallest absolute Gasteiger partial charge is 0.349 e. The SMILES string of the molecule is CC(=O)[C@H](CCCCN)NCC(=O)CN(C[C@H](CCCCNC(=N)N)NC(=O)CN(CCNC(=O)CN(C[C@H](CCCCNC(=N)N)NCC(=O)CN(C[C@H](CCCCNC(=N)N)NC(=O)[C@@H](N)CCCCN)C(=O)Cn1cnc2c(=O)[nH]c(N)nc21)C(=O)Cn1ccc(N)nc1=O)C(=O)Cn1cc(C)c(=O)[nH]c1=O)C(=O)Cn1cnc2c(=O)[nH]c(N)nc21. The molecule has 6 heterocycles. The van der Waals surface area contributed by atoms with Crippen molar-refractivity contribution in [3.8, 4) is 0 Å². The molecule has 0 aliphatic rings. The molecule has 0 bridgehead atoms. The number of ketones is 3. The molecule has 0 aromatic carbocycles. The molecular formula is C73H118N36O15. The van der Waals surface area contributed by atoms with Crippen molar-refractivity contribution in [2.24, 2.45) is 34.4 Å². The number of unbranched alkanes of at least 4 members (excludes halogenated alkanes) is 5. The number of aryl methyl sites for hydroxylation is 1. The van der Waals surface area contributed by atoms with Crippen molar-refractivity contribution in [2.45, 2.75) is 167 Å². The Morgan fingerprint density at radius 3 is 1.44 bits per heavy atom. The Bertz CT molecular complexity index is 4990. The van der Waals surface area contributed by atoms with Crippen molar-refractivity contribution < 1.29 is 47.9 Å². The summed E-state index contributed by atoms with van der Waals surface area (Å²) in [4.78, 5) is 239. The maximum Gasteiger partial charge on any atom is 0.349 e. The molecule has 0 spiro atoms. The summed E-state index contributed by atoms with van der Waals surface area (Å²) in [6.45, 7) is -4.22. The summed E-state index contributed by atoms with van der Waals surface area (Å²) in [7, 11) is 0. The molecule has 0 saturated carbocycles. The Balaban J connectivity index is 1.31. The van der Waals surface area contributed by atoms with Gasteiger partial charge in [0.05, 0.1) is 64.0 Å². The molecule has 6 rings (SSSR count). The number of aromatic amines is 3. The van der Waals surface area contributed by atoms with Gasteiger partial charge in [0.2, 0.25) is 53.2 Å². The number of guanidine groups is 3. The molecule has 51 heteroatoms. The van der Waals surface area contributed by atoms with E-state index in [1.165, 1.54) is 52.8 Å². The number of hydrogen-bond acceptors (Lipinski definition) is 31. The molecule has 0 saturated heterocycles. The fraction of sp³-hybridized carbons (Fsp3) is 0.575. The topological polar surface area (TPSA) is 803 Å². The van der Waals surface area contributed by atoms with Gasteiger partial charge in [0.15, 0.2) is 51.8 Å². The Morgan fingerprint density at radius 2 is 0.935 bits per heavy atom. The normalized spacial score (nSPS) is 12.4. The lowest BCUT2D eigenvalue weighted by atomic mass is 10.1. The largest absolute Gasteiger partial charge is 0.383 e. The van der Waals surface area contributed by atoms with Crippen LogP contribution in [0.15, 0.2) is 55.1 Å². The van der Waals surface area contributed by atoms with E-state index < -0.39 is 190 Å². The third-order valence-electron chi connectivity index (χ3n) is 19.6. The van der Waals surface area contributed by atoms with Crippen LogP contribution in [0.4, 0.5) is 17.7 Å². The van der Waals surface area contributed by atoms with E-state index in [4.69, 9.17) is 67.8 Å². The predicted octanol–water partition coefficient (Wildman–Crippen LogP) is -9.30. The quantitative estimate of drug-likeness (QED) is 0.00958. The number of nitrogens with one attached hydrogen (secondary N) is 14. The number of carbonyl (C=O) groups excluding carboxylic acids is 10. The second-order valence-corrected chi connectivity index (χ2v) is 29.8. The molecule has 5 atom stereocenters. The first-order valence-corrected chi connectivity index (χ1v) is 40.4.